The van der Waals surface area contributed by atoms with E-state index in [1.807, 2.05) is 0 Å². The first-order valence-electron chi connectivity index (χ1n) is 10.9. The van der Waals surface area contributed by atoms with Crippen molar-refractivity contribution in [1.82, 2.24) is 0 Å². The standard InChI is InChI=1S/C24H40O3Se/c1-8-25-17(3)19-13-12-14-20(18(4)26-9-2)22(19)28-23(24(5,6)7)21-15-10-11-16-27-21/h12-14,17-18,21,23H,8-11,15-16H2,1-7H3/t17-,18-,21-,23-/m1/s1. The van der Waals surface area contributed by atoms with Crippen molar-refractivity contribution in [2.75, 3.05) is 19.8 Å². The molecule has 1 aliphatic rings. The molecule has 1 fully saturated rings. The summed E-state index contributed by atoms with van der Waals surface area (Å²) in [6, 6.07) is 6.67. The van der Waals surface area contributed by atoms with Crippen LogP contribution in [0.4, 0.5) is 0 Å². The van der Waals surface area contributed by atoms with E-state index in [0.717, 1.165) is 19.8 Å². The monoisotopic (exact) mass is 456 g/mol. The Morgan fingerprint density at radius 1 is 1.04 bits per heavy atom. The maximum atomic E-state index is 6.29. The number of rotatable bonds is 9. The van der Waals surface area contributed by atoms with Gasteiger partial charge in [0.1, 0.15) is 0 Å². The molecular weight excluding hydrogens is 415 g/mol. The molecular formula is C24H40O3Se. The van der Waals surface area contributed by atoms with Crippen molar-refractivity contribution in [2.24, 2.45) is 5.41 Å². The molecule has 0 amide bonds. The molecule has 1 saturated heterocycles. The van der Waals surface area contributed by atoms with Gasteiger partial charge in [-0.15, -0.1) is 0 Å². The third kappa shape index (κ3) is 6.31. The van der Waals surface area contributed by atoms with Crippen LogP contribution in [0, 0.1) is 5.41 Å². The molecule has 4 heteroatoms. The van der Waals surface area contributed by atoms with E-state index in [0.29, 0.717) is 10.9 Å². The summed E-state index contributed by atoms with van der Waals surface area (Å²) in [6.45, 7) is 18.0. The normalized spacial score (nSPS) is 21.3. The van der Waals surface area contributed by atoms with Crippen LogP contribution in [0.25, 0.3) is 0 Å². The van der Waals surface area contributed by atoms with Crippen molar-refractivity contribution in [3.8, 4) is 0 Å². The molecule has 0 N–H and O–H groups in total. The summed E-state index contributed by atoms with van der Waals surface area (Å²) in [7, 11) is 0. The SMILES string of the molecule is CCO[C@H](C)c1cccc([C@@H](C)OCC)c1[Se][C@H]([C@H]1CCCCO1)C(C)(C)C. The zero-order valence-electron chi connectivity index (χ0n) is 18.9. The summed E-state index contributed by atoms with van der Waals surface area (Å²) < 4.78 is 19.8. The second kappa shape index (κ2) is 11.1. The Morgan fingerprint density at radius 3 is 2.04 bits per heavy atom. The van der Waals surface area contributed by atoms with Crippen molar-refractivity contribution >= 4 is 19.4 Å². The Bertz CT molecular complexity index is 560. The molecule has 3 nitrogen and oxygen atoms in total. The van der Waals surface area contributed by atoms with Crippen molar-refractivity contribution in [3.63, 3.8) is 0 Å². The summed E-state index contributed by atoms with van der Waals surface area (Å²) in [6.07, 6.45) is 4.23. The van der Waals surface area contributed by atoms with Gasteiger partial charge in [-0.05, 0) is 0 Å². The zero-order valence-corrected chi connectivity index (χ0v) is 20.6. The van der Waals surface area contributed by atoms with Crippen LogP contribution in [0.5, 0.6) is 0 Å². The summed E-state index contributed by atoms with van der Waals surface area (Å²) in [5, 5.41) is 0. The van der Waals surface area contributed by atoms with E-state index < -0.39 is 0 Å². The molecule has 1 heterocycles. The fourth-order valence-corrected chi connectivity index (χ4v) is 7.57. The molecule has 4 atom stereocenters. The van der Waals surface area contributed by atoms with Gasteiger partial charge in [-0.2, -0.15) is 0 Å². The van der Waals surface area contributed by atoms with E-state index in [9.17, 15) is 0 Å². The second-order valence-electron chi connectivity index (χ2n) is 8.77. The van der Waals surface area contributed by atoms with Crippen LogP contribution in [0.3, 0.4) is 0 Å². The van der Waals surface area contributed by atoms with Crippen LogP contribution in [0.15, 0.2) is 18.2 Å². The third-order valence-electron chi connectivity index (χ3n) is 5.44. The summed E-state index contributed by atoms with van der Waals surface area (Å²) >= 11 is 0.281. The number of hydrogen-bond donors (Lipinski definition) is 0. The topological polar surface area (TPSA) is 27.7 Å². The molecule has 0 aromatic heterocycles. The summed E-state index contributed by atoms with van der Waals surface area (Å²) in [5.41, 5.74) is 2.86. The van der Waals surface area contributed by atoms with Gasteiger partial charge in [-0.3, -0.25) is 0 Å². The molecule has 0 spiro atoms. The second-order valence-corrected chi connectivity index (χ2v) is 11.2. The van der Waals surface area contributed by atoms with E-state index in [4.69, 9.17) is 14.2 Å². The van der Waals surface area contributed by atoms with Gasteiger partial charge >= 0.3 is 179 Å². The molecule has 1 aromatic rings. The minimum atomic E-state index is 0.101. The van der Waals surface area contributed by atoms with E-state index in [1.54, 1.807) is 0 Å². The first-order valence-corrected chi connectivity index (χ1v) is 12.8. The van der Waals surface area contributed by atoms with Crippen molar-refractivity contribution < 1.29 is 14.2 Å². The van der Waals surface area contributed by atoms with Crippen molar-refractivity contribution in [1.29, 1.82) is 0 Å². The van der Waals surface area contributed by atoms with Gasteiger partial charge in [0, 0.05) is 0 Å². The van der Waals surface area contributed by atoms with Crippen LogP contribution < -0.4 is 4.46 Å². The van der Waals surface area contributed by atoms with Gasteiger partial charge in [0.2, 0.25) is 0 Å². The number of ether oxygens (including phenoxy) is 3. The Balaban J connectivity index is 2.45. The van der Waals surface area contributed by atoms with E-state index >= 15 is 0 Å². The molecule has 0 unspecified atom stereocenters. The molecule has 160 valence electrons. The molecule has 0 bridgehead atoms. The predicted molar refractivity (Wildman–Crippen MR) is 119 cm³/mol. The van der Waals surface area contributed by atoms with Crippen molar-refractivity contribution in [3.05, 3.63) is 29.3 Å². The Labute approximate surface area is 179 Å². The van der Waals surface area contributed by atoms with Gasteiger partial charge in [0.05, 0.1) is 0 Å². The van der Waals surface area contributed by atoms with E-state index in [2.05, 4.69) is 66.7 Å². The Kier molecular flexibility index (Phi) is 9.50. The maximum absolute atomic E-state index is 6.29. The molecule has 1 aromatic carbocycles. The first kappa shape index (κ1) is 23.9. The van der Waals surface area contributed by atoms with Crippen LogP contribution >= 0.6 is 0 Å². The first-order chi connectivity index (χ1) is 13.3. The van der Waals surface area contributed by atoms with E-state index in [1.165, 1.54) is 34.9 Å². The van der Waals surface area contributed by atoms with Gasteiger partial charge in [0.25, 0.3) is 0 Å². The summed E-state index contributed by atoms with van der Waals surface area (Å²) in [5.74, 6) is 0. The third-order valence-corrected chi connectivity index (χ3v) is 9.57. The van der Waals surface area contributed by atoms with Crippen LogP contribution in [-0.4, -0.2) is 40.9 Å². The van der Waals surface area contributed by atoms with Gasteiger partial charge in [-0.1, -0.05) is 0 Å². The van der Waals surface area contributed by atoms with Crippen LogP contribution in [0.1, 0.15) is 91.1 Å². The van der Waals surface area contributed by atoms with Crippen molar-refractivity contribution in [2.45, 2.75) is 90.9 Å². The average molecular weight is 456 g/mol. The Hall–Kier alpha value is -0.381. The average Bonchev–Trinajstić information content (AvgIpc) is 2.66. The molecule has 2 rings (SSSR count). The molecule has 1 aliphatic heterocycles. The predicted octanol–water partition coefficient (Wildman–Crippen LogP) is 5.61. The molecule has 0 radical (unpaired) electrons. The van der Waals surface area contributed by atoms with Crippen LogP contribution in [-0.2, 0) is 14.2 Å². The zero-order chi connectivity index (χ0) is 20.7. The van der Waals surface area contributed by atoms with Gasteiger partial charge < -0.3 is 0 Å². The fraction of sp³-hybridized carbons (Fsp3) is 0.750. The number of hydrogen-bond acceptors (Lipinski definition) is 3. The summed E-state index contributed by atoms with van der Waals surface area (Å²) in [4.78, 5) is 0.530. The molecule has 28 heavy (non-hydrogen) atoms. The van der Waals surface area contributed by atoms with Gasteiger partial charge in [-0.25, -0.2) is 0 Å². The van der Waals surface area contributed by atoms with Crippen LogP contribution in [0.2, 0.25) is 4.82 Å². The van der Waals surface area contributed by atoms with Gasteiger partial charge in [0.15, 0.2) is 0 Å². The molecule has 0 saturated carbocycles. The Morgan fingerprint density at radius 2 is 1.61 bits per heavy atom. The quantitative estimate of drug-likeness (QED) is 0.453. The number of benzene rings is 1. The minimum absolute atomic E-state index is 0.101. The van der Waals surface area contributed by atoms with E-state index in [-0.39, 0.29) is 32.6 Å². The fourth-order valence-electron chi connectivity index (χ4n) is 3.97. The molecule has 0 aliphatic carbocycles.